The van der Waals surface area contributed by atoms with Crippen molar-refractivity contribution in [2.75, 3.05) is 13.2 Å². The van der Waals surface area contributed by atoms with E-state index < -0.39 is 0 Å². The second-order valence-corrected chi connectivity index (χ2v) is 5.95. The highest BCUT2D eigenvalue weighted by atomic mass is 16.3. The van der Waals surface area contributed by atoms with E-state index >= 15 is 0 Å². The fourth-order valence-electron chi connectivity index (χ4n) is 3.01. The quantitative estimate of drug-likeness (QED) is 0.825. The molecule has 0 aromatic heterocycles. The van der Waals surface area contributed by atoms with E-state index in [1.54, 1.807) is 0 Å². The summed E-state index contributed by atoms with van der Waals surface area (Å²) < 4.78 is 0. The molecule has 1 atom stereocenters. The van der Waals surface area contributed by atoms with Crippen molar-refractivity contribution in [3.8, 4) is 0 Å². The maximum Gasteiger partial charge on any atom is 0.0499 e. The first kappa shape index (κ1) is 14.5. The fraction of sp³-hybridized carbons (Fsp3) is 0.647. The first-order valence-electron chi connectivity index (χ1n) is 7.64. The van der Waals surface area contributed by atoms with Gasteiger partial charge in [-0.05, 0) is 43.2 Å². The molecule has 0 radical (unpaired) electrons. The van der Waals surface area contributed by atoms with Crippen LogP contribution in [0.3, 0.4) is 0 Å². The van der Waals surface area contributed by atoms with Gasteiger partial charge in [-0.15, -0.1) is 0 Å². The van der Waals surface area contributed by atoms with Crippen LogP contribution in [0.15, 0.2) is 24.3 Å². The summed E-state index contributed by atoms with van der Waals surface area (Å²) in [4.78, 5) is 0. The maximum atomic E-state index is 9.62. The first-order chi connectivity index (χ1) is 9.23. The van der Waals surface area contributed by atoms with Crippen LogP contribution in [-0.4, -0.2) is 24.3 Å². The third-order valence-corrected chi connectivity index (χ3v) is 4.95. The molecular weight excluding hydrogens is 234 g/mol. The lowest BCUT2D eigenvalue weighted by atomic mass is 9.82. The topological polar surface area (TPSA) is 32.3 Å². The minimum atomic E-state index is 0.0664. The monoisotopic (exact) mass is 261 g/mol. The lowest BCUT2D eigenvalue weighted by Crippen LogP contribution is -2.43. The summed E-state index contributed by atoms with van der Waals surface area (Å²) in [5.74, 6) is 0. The lowest BCUT2D eigenvalue weighted by Gasteiger charge is -2.33. The summed E-state index contributed by atoms with van der Waals surface area (Å²) in [6.45, 7) is 5.58. The Labute approximate surface area is 117 Å². The van der Waals surface area contributed by atoms with Crippen molar-refractivity contribution in [3.05, 3.63) is 35.4 Å². The first-order valence-corrected chi connectivity index (χ1v) is 7.64. The van der Waals surface area contributed by atoms with Gasteiger partial charge in [0.15, 0.2) is 0 Å². The number of aliphatic hydroxyl groups is 1. The van der Waals surface area contributed by atoms with Crippen LogP contribution in [0.5, 0.6) is 0 Å². The largest absolute Gasteiger partial charge is 0.396 e. The van der Waals surface area contributed by atoms with Gasteiger partial charge in [-0.25, -0.2) is 0 Å². The molecule has 2 nitrogen and oxygen atoms in total. The van der Waals surface area contributed by atoms with Gasteiger partial charge >= 0.3 is 0 Å². The summed E-state index contributed by atoms with van der Waals surface area (Å²) in [6, 6.07) is 9.34. The number of fused-ring (bicyclic) bond motifs is 1. The standard InChI is InChI=1S/C17H27NO/c1-3-17(4-2,13-19)12-18-16-10-9-14-7-5-6-8-15(14)11-16/h5-8,16,18-19H,3-4,9-13H2,1-2H3. The van der Waals surface area contributed by atoms with Crippen LogP contribution < -0.4 is 5.32 Å². The molecule has 0 saturated heterocycles. The van der Waals surface area contributed by atoms with Crippen LogP contribution in [-0.2, 0) is 12.8 Å². The molecule has 1 aliphatic rings. The van der Waals surface area contributed by atoms with E-state index in [0.29, 0.717) is 6.04 Å². The van der Waals surface area contributed by atoms with Crippen molar-refractivity contribution >= 4 is 0 Å². The zero-order valence-electron chi connectivity index (χ0n) is 12.3. The maximum absolute atomic E-state index is 9.62. The van der Waals surface area contributed by atoms with Crippen LogP contribution >= 0.6 is 0 Å². The molecule has 2 N–H and O–H groups in total. The van der Waals surface area contributed by atoms with Gasteiger partial charge < -0.3 is 10.4 Å². The number of hydrogen-bond donors (Lipinski definition) is 2. The van der Waals surface area contributed by atoms with Gasteiger partial charge in [-0.1, -0.05) is 38.1 Å². The smallest absolute Gasteiger partial charge is 0.0499 e. The van der Waals surface area contributed by atoms with Crippen molar-refractivity contribution < 1.29 is 5.11 Å². The Morgan fingerprint density at radius 2 is 1.89 bits per heavy atom. The summed E-state index contributed by atoms with van der Waals surface area (Å²) in [6.07, 6.45) is 5.60. The average Bonchev–Trinajstić information content (AvgIpc) is 2.49. The average molecular weight is 261 g/mol. The number of nitrogens with one attached hydrogen (secondary N) is 1. The summed E-state index contributed by atoms with van der Waals surface area (Å²) >= 11 is 0. The molecule has 1 aromatic carbocycles. The molecule has 2 heteroatoms. The Morgan fingerprint density at radius 1 is 1.21 bits per heavy atom. The van der Waals surface area contributed by atoms with E-state index in [2.05, 4.69) is 43.4 Å². The predicted octanol–water partition coefficient (Wildman–Crippen LogP) is 2.93. The minimum Gasteiger partial charge on any atom is -0.396 e. The van der Waals surface area contributed by atoms with Crippen LogP contribution in [0.2, 0.25) is 0 Å². The highest BCUT2D eigenvalue weighted by molar-refractivity contribution is 5.30. The van der Waals surface area contributed by atoms with Crippen molar-refractivity contribution in [2.45, 2.75) is 52.0 Å². The fourth-order valence-corrected chi connectivity index (χ4v) is 3.01. The molecule has 0 saturated carbocycles. The molecule has 0 bridgehead atoms. The number of aliphatic hydroxyl groups excluding tert-OH is 1. The highest BCUT2D eigenvalue weighted by Crippen LogP contribution is 2.26. The van der Waals surface area contributed by atoms with Crippen LogP contribution in [0.4, 0.5) is 0 Å². The van der Waals surface area contributed by atoms with Gasteiger partial charge in [0.05, 0.1) is 0 Å². The van der Waals surface area contributed by atoms with Gasteiger partial charge in [0.2, 0.25) is 0 Å². The molecule has 2 rings (SSSR count). The summed E-state index contributed by atoms with van der Waals surface area (Å²) in [5, 5.41) is 13.3. The Balaban J connectivity index is 1.92. The van der Waals surface area contributed by atoms with Crippen molar-refractivity contribution in [3.63, 3.8) is 0 Å². The molecule has 1 unspecified atom stereocenters. The molecule has 0 spiro atoms. The summed E-state index contributed by atoms with van der Waals surface area (Å²) in [7, 11) is 0. The molecule has 0 amide bonds. The Kier molecular flexibility index (Phi) is 5.00. The molecule has 19 heavy (non-hydrogen) atoms. The van der Waals surface area contributed by atoms with Crippen LogP contribution in [0, 0.1) is 5.41 Å². The van der Waals surface area contributed by atoms with Crippen molar-refractivity contribution in [2.24, 2.45) is 5.41 Å². The van der Waals surface area contributed by atoms with Gasteiger partial charge in [0, 0.05) is 24.6 Å². The van der Waals surface area contributed by atoms with E-state index in [0.717, 1.165) is 25.8 Å². The Hall–Kier alpha value is -0.860. The third kappa shape index (κ3) is 3.37. The molecule has 106 valence electrons. The Morgan fingerprint density at radius 3 is 2.53 bits per heavy atom. The number of hydrogen-bond acceptors (Lipinski definition) is 2. The SMILES string of the molecule is CCC(CC)(CO)CNC1CCc2ccccc2C1. The normalized spacial score (nSPS) is 19.2. The van der Waals surface area contributed by atoms with E-state index in [-0.39, 0.29) is 12.0 Å². The number of rotatable bonds is 6. The molecular formula is C17H27NO. The van der Waals surface area contributed by atoms with E-state index in [1.807, 2.05) is 0 Å². The Bertz CT molecular complexity index is 390. The van der Waals surface area contributed by atoms with E-state index in [1.165, 1.54) is 24.0 Å². The van der Waals surface area contributed by atoms with Gasteiger partial charge in [0.1, 0.15) is 0 Å². The zero-order chi connectivity index (χ0) is 13.7. The van der Waals surface area contributed by atoms with Gasteiger partial charge in [-0.2, -0.15) is 0 Å². The second-order valence-electron chi connectivity index (χ2n) is 5.95. The van der Waals surface area contributed by atoms with Crippen molar-refractivity contribution in [1.29, 1.82) is 0 Å². The van der Waals surface area contributed by atoms with Gasteiger partial charge in [-0.3, -0.25) is 0 Å². The van der Waals surface area contributed by atoms with Crippen molar-refractivity contribution in [1.82, 2.24) is 5.32 Å². The molecule has 1 aliphatic carbocycles. The second kappa shape index (κ2) is 6.53. The minimum absolute atomic E-state index is 0.0664. The molecule has 0 aliphatic heterocycles. The molecule has 0 heterocycles. The zero-order valence-corrected chi connectivity index (χ0v) is 12.3. The van der Waals surface area contributed by atoms with Crippen LogP contribution in [0.25, 0.3) is 0 Å². The molecule has 0 fully saturated rings. The summed E-state index contributed by atoms with van der Waals surface area (Å²) in [5.41, 5.74) is 3.07. The van der Waals surface area contributed by atoms with Crippen LogP contribution in [0.1, 0.15) is 44.2 Å². The lowest BCUT2D eigenvalue weighted by molar-refractivity contribution is 0.109. The highest BCUT2D eigenvalue weighted by Gasteiger charge is 2.27. The molecule has 1 aromatic rings. The number of benzene rings is 1. The third-order valence-electron chi connectivity index (χ3n) is 4.95. The predicted molar refractivity (Wildman–Crippen MR) is 80.4 cm³/mol. The number of aryl methyl sites for hydroxylation is 1. The van der Waals surface area contributed by atoms with Gasteiger partial charge in [0.25, 0.3) is 0 Å². The van der Waals surface area contributed by atoms with E-state index in [4.69, 9.17) is 0 Å². The van der Waals surface area contributed by atoms with E-state index in [9.17, 15) is 5.11 Å².